The number of nitrogens with one attached hydrogen (secondary N) is 1. The third kappa shape index (κ3) is 4.36. The average molecular weight is 442 g/mol. The maximum absolute atomic E-state index is 12.6. The van der Waals surface area contributed by atoms with E-state index in [1.165, 1.54) is 35.1 Å². The third-order valence-electron chi connectivity index (χ3n) is 7.05. The van der Waals surface area contributed by atoms with Gasteiger partial charge in [0.15, 0.2) is 16.1 Å². The number of hydrogen-bond acceptors (Lipinski definition) is 4. The Labute approximate surface area is 216 Å². The zero-order valence-corrected chi connectivity index (χ0v) is 21.2. The van der Waals surface area contributed by atoms with Crippen molar-refractivity contribution in [1.82, 2.24) is 4.90 Å². The molecule has 0 spiro atoms. The van der Waals surface area contributed by atoms with Gasteiger partial charge in [-0.1, -0.05) is 18.9 Å². The molecule has 1 aromatic carbocycles. The summed E-state index contributed by atoms with van der Waals surface area (Å²) in [5.74, 6) is 0. The fourth-order valence-corrected chi connectivity index (χ4v) is 6.70. The number of carbonyl (C=O) groups is 1. The van der Waals surface area contributed by atoms with Gasteiger partial charge >= 0.3 is 51.4 Å². The summed E-state index contributed by atoms with van der Waals surface area (Å²) < 4.78 is 28.8. The quantitative estimate of drug-likeness (QED) is 0.692. The molecule has 6 nitrogen and oxygen atoms in total. The Kier molecular flexibility index (Phi) is 6.81. The van der Waals surface area contributed by atoms with E-state index < -0.39 is 21.3 Å². The van der Waals surface area contributed by atoms with Gasteiger partial charge in [-0.05, 0) is 79.3 Å². The fourth-order valence-electron chi connectivity index (χ4n) is 5.51. The smallest absolute Gasteiger partial charge is 0.423 e. The summed E-state index contributed by atoms with van der Waals surface area (Å²) in [4.78, 5) is 14.8. The van der Waals surface area contributed by atoms with E-state index in [1.54, 1.807) is 0 Å². The first-order valence-electron chi connectivity index (χ1n) is 10.7. The normalized spacial score (nSPS) is 21.9. The van der Waals surface area contributed by atoms with E-state index in [9.17, 15) is 13.2 Å². The first-order valence-corrected chi connectivity index (χ1v) is 12.2. The van der Waals surface area contributed by atoms with Crippen molar-refractivity contribution in [1.29, 1.82) is 0 Å². The van der Waals surface area contributed by atoms with E-state index in [4.69, 9.17) is 0 Å². The van der Waals surface area contributed by atoms with Gasteiger partial charge in [0.1, 0.15) is 0 Å². The molecule has 1 saturated heterocycles. The molecule has 4 aliphatic rings. The summed E-state index contributed by atoms with van der Waals surface area (Å²) in [6.45, 7) is 1.03. The molecule has 3 aliphatic carbocycles. The SMILES string of the molecule is O=C([N-]S(=O)(=O)C1CN(C2CCCC2)C1)Nc1c2c(cc3c1CCC3)CCC2.[K+]. The molecule has 152 valence electrons. The van der Waals surface area contributed by atoms with E-state index in [2.05, 4.69) is 21.0 Å². The van der Waals surface area contributed by atoms with Crippen molar-refractivity contribution in [2.45, 2.75) is 75.5 Å². The largest absolute Gasteiger partial charge is 1.00 e. The minimum absolute atomic E-state index is 0. The summed E-state index contributed by atoms with van der Waals surface area (Å²) in [5.41, 5.74) is 5.86. The van der Waals surface area contributed by atoms with Crippen LogP contribution in [-0.4, -0.2) is 43.7 Å². The molecule has 1 saturated carbocycles. The minimum atomic E-state index is -3.76. The van der Waals surface area contributed by atoms with Crippen molar-refractivity contribution in [2.24, 2.45) is 0 Å². The molecule has 5 rings (SSSR count). The zero-order chi connectivity index (χ0) is 19.3. The number of sulfonamides is 1. The van der Waals surface area contributed by atoms with E-state index in [0.717, 1.165) is 57.1 Å². The van der Waals surface area contributed by atoms with Gasteiger partial charge in [0.2, 0.25) is 0 Å². The molecule has 1 N–H and O–H groups in total. The molecule has 0 aromatic heterocycles. The van der Waals surface area contributed by atoms with Crippen molar-refractivity contribution in [2.75, 3.05) is 18.4 Å². The van der Waals surface area contributed by atoms with Crippen LogP contribution in [0.2, 0.25) is 0 Å². The summed E-state index contributed by atoms with van der Waals surface area (Å²) in [6.07, 6.45) is 11.0. The molecule has 0 bridgehead atoms. The molecular formula is C21H28KN3O3S. The first kappa shape index (κ1) is 22.2. The topological polar surface area (TPSA) is 80.6 Å². The number of anilines is 1. The number of nitrogens with zero attached hydrogens (tertiary/aromatic N) is 2. The molecule has 0 unspecified atom stereocenters. The zero-order valence-electron chi connectivity index (χ0n) is 17.2. The summed E-state index contributed by atoms with van der Waals surface area (Å²) in [5, 5.41) is 2.33. The van der Waals surface area contributed by atoms with Crippen LogP contribution in [0.1, 0.15) is 60.8 Å². The van der Waals surface area contributed by atoms with E-state index in [1.807, 2.05) is 0 Å². The number of benzene rings is 1. The molecule has 2 amide bonds. The third-order valence-corrected chi connectivity index (χ3v) is 8.61. The van der Waals surface area contributed by atoms with Crippen LogP contribution in [0.5, 0.6) is 0 Å². The Hall–Kier alpha value is 0.0364. The molecule has 29 heavy (non-hydrogen) atoms. The predicted molar refractivity (Wildman–Crippen MR) is 109 cm³/mol. The van der Waals surface area contributed by atoms with Crippen LogP contribution in [0, 0.1) is 0 Å². The summed E-state index contributed by atoms with van der Waals surface area (Å²) in [7, 11) is -3.76. The Morgan fingerprint density at radius 2 is 1.55 bits per heavy atom. The van der Waals surface area contributed by atoms with Gasteiger partial charge in [-0.2, -0.15) is 0 Å². The molecular weight excluding hydrogens is 413 g/mol. The van der Waals surface area contributed by atoms with Crippen LogP contribution >= 0.6 is 0 Å². The Morgan fingerprint density at radius 1 is 0.966 bits per heavy atom. The molecule has 0 radical (unpaired) electrons. The second kappa shape index (κ2) is 8.88. The number of fused-ring (bicyclic) bond motifs is 2. The second-order valence-corrected chi connectivity index (χ2v) is 10.7. The number of hydrogen-bond donors (Lipinski definition) is 1. The van der Waals surface area contributed by atoms with Crippen LogP contribution < -0.4 is 56.7 Å². The summed E-state index contributed by atoms with van der Waals surface area (Å²) in [6, 6.07) is 2.09. The Morgan fingerprint density at radius 3 is 2.14 bits per heavy atom. The number of rotatable bonds is 4. The van der Waals surface area contributed by atoms with Gasteiger partial charge in [0, 0.05) is 19.1 Å². The fraction of sp³-hybridized carbons (Fsp3) is 0.667. The number of likely N-dealkylation sites (tertiary alicyclic amines) is 1. The van der Waals surface area contributed by atoms with Crippen LogP contribution in [-0.2, 0) is 35.7 Å². The molecule has 1 aliphatic heterocycles. The first-order chi connectivity index (χ1) is 13.5. The van der Waals surface area contributed by atoms with E-state index in [0.29, 0.717) is 19.1 Å². The summed E-state index contributed by atoms with van der Waals surface area (Å²) >= 11 is 0. The van der Waals surface area contributed by atoms with Crippen molar-refractivity contribution >= 4 is 21.7 Å². The van der Waals surface area contributed by atoms with Gasteiger partial charge in [-0.25, -0.2) is 8.42 Å². The van der Waals surface area contributed by atoms with Crippen LogP contribution in [0.4, 0.5) is 10.5 Å². The van der Waals surface area contributed by atoms with Crippen LogP contribution in [0.25, 0.3) is 4.72 Å². The van der Waals surface area contributed by atoms with Crippen molar-refractivity contribution < 1.29 is 64.6 Å². The van der Waals surface area contributed by atoms with Crippen molar-refractivity contribution in [3.05, 3.63) is 33.0 Å². The number of urea groups is 1. The maximum Gasteiger partial charge on any atom is 1.00 e. The molecule has 1 heterocycles. The maximum atomic E-state index is 12.6. The molecule has 8 heteroatoms. The standard InChI is InChI=1S/C21H29N3O3S.K/c25-21(23-28(26,27)17-12-24(13-17)16-7-1-2-8-16)22-20-18-9-3-5-14(18)11-15-6-4-10-19(15)20;/h11,16-17H,1-10,12-13H2,(H2,22,23,25);/q;+1/p-1. The monoisotopic (exact) mass is 441 g/mol. The van der Waals surface area contributed by atoms with E-state index in [-0.39, 0.29) is 51.4 Å². The Balaban J connectivity index is 0.00000205. The van der Waals surface area contributed by atoms with Gasteiger partial charge in [-0.3, -0.25) is 9.69 Å². The number of carbonyl (C=O) groups excluding carboxylic acids is 1. The predicted octanol–water partition coefficient (Wildman–Crippen LogP) is 0.530. The van der Waals surface area contributed by atoms with Gasteiger partial charge < -0.3 is 10.0 Å². The van der Waals surface area contributed by atoms with Crippen LogP contribution in [0.3, 0.4) is 0 Å². The van der Waals surface area contributed by atoms with Gasteiger partial charge in [0.05, 0.1) is 5.25 Å². The Bertz CT molecular complexity index is 874. The number of aryl methyl sites for hydroxylation is 2. The van der Waals surface area contributed by atoms with Gasteiger partial charge in [-0.15, -0.1) is 0 Å². The van der Waals surface area contributed by atoms with Crippen LogP contribution in [0.15, 0.2) is 6.07 Å². The second-order valence-electron chi connectivity index (χ2n) is 8.78. The molecule has 1 aromatic rings. The average Bonchev–Trinajstić information content (AvgIpc) is 3.33. The molecule has 0 atom stereocenters. The van der Waals surface area contributed by atoms with Crippen molar-refractivity contribution in [3.63, 3.8) is 0 Å². The molecule has 2 fully saturated rings. The van der Waals surface area contributed by atoms with Crippen molar-refractivity contribution in [3.8, 4) is 0 Å². The van der Waals surface area contributed by atoms with E-state index >= 15 is 0 Å². The number of amides is 2. The minimum Gasteiger partial charge on any atom is -0.423 e. The van der Waals surface area contributed by atoms with Gasteiger partial charge in [0.25, 0.3) is 0 Å².